The first kappa shape index (κ1) is 31.2. The van der Waals surface area contributed by atoms with Crippen molar-refractivity contribution >= 4 is 35.0 Å². The van der Waals surface area contributed by atoms with Crippen LogP contribution in [-0.2, 0) is 11.2 Å². The Balaban J connectivity index is 1.54. The summed E-state index contributed by atoms with van der Waals surface area (Å²) < 4.78 is 11.6. The Morgan fingerprint density at radius 2 is 1.67 bits per heavy atom. The molecule has 3 aromatic rings. The van der Waals surface area contributed by atoms with Crippen molar-refractivity contribution in [1.82, 2.24) is 9.80 Å². The zero-order valence-corrected chi connectivity index (χ0v) is 24.9. The Morgan fingerprint density at radius 1 is 1.02 bits per heavy atom. The van der Waals surface area contributed by atoms with Crippen LogP contribution >= 0.6 is 0 Å². The standard InChI is InChI=1S/C32H39N5O6/c1-21-18-37(22(2)20-38)30(39)17-23-16-26(34-31(40)33-25-10-13-27(42-4)14-11-25)12-15-28(23)43-29(21)19-36(3)32(41)35-24-8-6-5-7-9-24/h5-16,21-22,29,38H,17-20H2,1-4H3,(H,35,41)(H2,33,34,40)/t21-,22+,29-/m1/s1. The third-order valence-corrected chi connectivity index (χ3v) is 7.35. The highest BCUT2D eigenvalue weighted by atomic mass is 16.5. The van der Waals surface area contributed by atoms with E-state index >= 15 is 0 Å². The van der Waals surface area contributed by atoms with Gasteiger partial charge < -0.3 is 40.3 Å². The molecule has 3 atom stereocenters. The molecule has 1 aliphatic heterocycles. The van der Waals surface area contributed by atoms with Crippen LogP contribution in [0, 0.1) is 5.92 Å². The van der Waals surface area contributed by atoms with Crippen LogP contribution in [-0.4, -0.2) is 78.9 Å². The van der Waals surface area contributed by atoms with E-state index in [1.807, 2.05) is 37.3 Å². The number of nitrogens with one attached hydrogen (secondary N) is 3. The lowest BCUT2D eigenvalue weighted by atomic mass is 10.0. The van der Waals surface area contributed by atoms with E-state index in [-0.39, 0.29) is 37.4 Å². The molecule has 3 aromatic carbocycles. The van der Waals surface area contributed by atoms with E-state index in [1.54, 1.807) is 73.3 Å². The molecule has 1 heterocycles. The topological polar surface area (TPSA) is 132 Å². The van der Waals surface area contributed by atoms with Crippen molar-refractivity contribution in [3.8, 4) is 11.5 Å². The van der Waals surface area contributed by atoms with Gasteiger partial charge in [-0.2, -0.15) is 0 Å². The van der Waals surface area contributed by atoms with Gasteiger partial charge in [0.05, 0.1) is 32.7 Å². The normalized spacial score (nSPS) is 17.2. The minimum atomic E-state index is -0.471. The van der Waals surface area contributed by atoms with Crippen LogP contribution in [0.3, 0.4) is 0 Å². The molecule has 0 spiro atoms. The molecule has 0 saturated carbocycles. The Morgan fingerprint density at radius 3 is 2.35 bits per heavy atom. The number of ether oxygens (including phenoxy) is 2. The molecular weight excluding hydrogens is 550 g/mol. The maximum Gasteiger partial charge on any atom is 0.323 e. The first-order valence-electron chi connectivity index (χ1n) is 14.2. The quantitative estimate of drug-likeness (QED) is 0.302. The van der Waals surface area contributed by atoms with Crippen molar-refractivity contribution in [2.75, 3.05) is 49.8 Å². The fraction of sp³-hybridized carbons (Fsp3) is 0.344. The molecule has 228 valence electrons. The summed E-state index contributed by atoms with van der Waals surface area (Å²) in [5.41, 5.74) is 2.33. The molecule has 5 amide bonds. The number of fused-ring (bicyclic) bond motifs is 1. The highest BCUT2D eigenvalue weighted by molar-refractivity contribution is 6.00. The smallest absolute Gasteiger partial charge is 0.323 e. The Bertz CT molecular complexity index is 1400. The number of aliphatic hydroxyl groups excluding tert-OH is 1. The molecule has 0 unspecified atom stereocenters. The van der Waals surface area contributed by atoms with Crippen LogP contribution in [0.2, 0.25) is 0 Å². The number of methoxy groups -OCH3 is 1. The van der Waals surface area contributed by atoms with Gasteiger partial charge in [0.15, 0.2) is 0 Å². The van der Waals surface area contributed by atoms with E-state index in [1.165, 1.54) is 0 Å². The zero-order valence-electron chi connectivity index (χ0n) is 24.9. The molecule has 4 N–H and O–H groups in total. The lowest BCUT2D eigenvalue weighted by molar-refractivity contribution is -0.134. The summed E-state index contributed by atoms with van der Waals surface area (Å²) >= 11 is 0. The number of urea groups is 2. The van der Waals surface area contributed by atoms with Crippen LogP contribution in [0.15, 0.2) is 72.8 Å². The van der Waals surface area contributed by atoms with Gasteiger partial charge in [-0.1, -0.05) is 25.1 Å². The molecule has 1 aliphatic rings. The number of nitrogens with zero attached hydrogens (tertiary/aromatic N) is 2. The van der Waals surface area contributed by atoms with Crippen LogP contribution in [0.1, 0.15) is 19.4 Å². The van der Waals surface area contributed by atoms with Gasteiger partial charge in [-0.05, 0) is 61.5 Å². The molecule has 4 rings (SSSR count). The van der Waals surface area contributed by atoms with Gasteiger partial charge in [-0.15, -0.1) is 0 Å². The molecule has 11 heteroatoms. The van der Waals surface area contributed by atoms with Gasteiger partial charge in [0, 0.05) is 42.1 Å². The predicted molar refractivity (Wildman–Crippen MR) is 166 cm³/mol. The molecule has 0 aliphatic carbocycles. The van der Waals surface area contributed by atoms with E-state index in [0.29, 0.717) is 40.7 Å². The summed E-state index contributed by atoms with van der Waals surface area (Å²) in [5, 5.41) is 18.3. The minimum Gasteiger partial charge on any atom is -0.497 e. The SMILES string of the molecule is COc1ccc(NC(=O)Nc2ccc3c(c2)CC(=O)N([C@@H](C)CO)C[C@@H](C)[C@@H](CN(C)C(=O)Nc2ccccc2)O3)cc1. The van der Waals surface area contributed by atoms with E-state index in [4.69, 9.17) is 9.47 Å². The number of amides is 5. The second-order valence-corrected chi connectivity index (χ2v) is 10.7. The lowest BCUT2D eigenvalue weighted by Crippen LogP contribution is -2.48. The molecular formula is C32H39N5O6. The number of hydrogen-bond acceptors (Lipinski definition) is 6. The molecule has 43 heavy (non-hydrogen) atoms. The Kier molecular flexibility index (Phi) is 10.4. The van der Waals surface area contributed by atoms with Crippen molar-refractivity contribution in [1.29, 1.82) is 0 Å². The van der Waals surface area contributed by atoms with Crippen molar-refractivity contribution in [2.24, 2.45) is 5.92 Å². The van der Waals surface area contributed by atoms with Crippen LogP contribution in [0.25, 0.3) is 0 Å². The van der Waals surface area contributed by atoms with Crippen molar-refractivity contribution < 1.29 is 29.0 Å². The second kappa shape index (κ2) is 14.4. The fourth-order valence-electron chi connectivity index (χ4n) is 4.79. The molecule has 0 radical (unpaired) electrons. The van der Waals surface area contributed by atoms with E-state index in [0.717, 1.165) is 0 Å². The van der Waals surface area contributed by atoms with Crippen LogP contribution in [0.5, 0.6) is 11.5 Å². The van der Waals surface area contributed by atoms with E-state index < -0.39 is 18.2 Å². The Labute approximate surface area is 251 Å². The molecule has 0 bridgehead atoms. The maximum atomic E-state index is 13.5. The van der Waals surface area contributed by atoms with E-state index in [9.17, 15) is 19.5 Å². The first-order chi connectivity index (χ1) is 20.7. The average Bonchev–Trinajstić information content (AvgIpc) is 3.04. The fourth-order valence-corrected chi connectivity index (χ4v) is 4.79. The zero-order chi connectivity index (χ0) is 30.9. The molecule has 0 saturated heterocycles. The first-order valence-corrected chi connectivity index (χ1v) is 14.2. The molecule has 0 aromatic heterocycles. The van der Waals surface area contributed by atoms with Crippen LogP contribution < -0.4 is 25.4 Å². The van der Waals surface area contributed by atoms with Gasteiger partial charge in [0.1, 0.15) is 17.6 Å². The summed E-state index contributed by atoms with van der Waals surface area (Å²) in [6.45, 7) is 4.15. The number of rotatable bonds is 8. The summed E-state index contributed by atoms with van der Waals surface area (Å²) in [7, 11) is 3.26. The van der Waals surface area contributed by atoms with Gasteiger partial charge in [0.25, 0.3) is 0 Å². The summed E-state index contributed by atoms with van der Waals surface area (Å²) in [4.78, 5) is 42.3. The summed E-state index contributed by atoms with van der Waals surface area (Å²) in [5.74, 6) is 0.813. The number of likely N-dealkylation sites (N-methyl/N-ethyl adjacent to an activating group) is 1. The number of hydrogen-bond donors (Lipinski definition) is 4. The molecule has 11 nitrogen and oxygen atoms in total. The highest BCUT2D eigenvalue weighted by Crippen LogP contribution is 2.29. The molecule has 0 fully saturated rings. The van der Waals surface area contributed by atoms with E-state index in [2.05, 4.69) is 16.0 Å². The predicted octanol–water partition coefficient (Wildman–Crippen LogP) is 4.65. The third-order valence-electron chi connectivity index (χ3n) is 7.35. The summed E-state index contributed by atoms with van der Waals surface area (Å²) in [6.07, 6.45) is -0.458. The minimum absolute atomic E-state index is 0.0130. The van der Waals surface area contributed by atoms with Gasteiger partial charge >= 0.3 is 12.1 Å². The lowest BCUT2D eigenvalue weighted by Gasteiger charge is -2.34. The second-order valence-electron chi connectivity index (χ2n) is 10.7. The van der Waals surface area contributed by atoms with Crippen molar-refractivity contribution in [3.63, 3.8) is 0 Å². The van der Waals surface area contributed by atoms with Crippen LogP contribution in [0.4, 0.5) is 26.7 Å². The highest BCUT2D eigenvalue weighted by Gasteiger charge is 2.32. The van der Waals surface area contributed by atoms with Gasteiger partial charge in [0.2, 0.25) is 5.91 Å². The average molecular weight is 590 g/mol. The third kappa shape index (κ3) is 8.39. The maximum absolute atomic E-state index is 13.5. The number of anilines is 3. The number of aliphatic hydroxyl groups is 1. The number of benzene rings is 3. The van der Waals surface area contributed by atoms with Gasteiger partial charge in [-0.3, -0.25) is 4.79 Å². The van der Waals surface area contributed by atoms with Crippen molar-refractivity contribution in [3.05, 3.63) is 78.4 Å². The van der Waals surface area contributed by atoms with Gasteiger partial charge in [-0.25, -0.2) is 9.59 Å². The Hall–Kier alpha value is -4.77. The number of para-hydroxylation sites is 1. The van der Waals surface area contributed by atoms with Crippen molar-refractivity contribution in [2.45, 2.75) is 32.4 Å². The number of carbonyl (C=O) groups is 3. The monoisotopic (exact) mass is 589 g/mol. The largest absolute Gasteiger partial charge is 0.497 e. The summed E-state index contributed by atoms with van der Waals surface area (Å²) in [6, 6.07) is 20.1. The number of carbonyl (C=O) groups excluding carboxylic acids is 3.